The van der Waals surface area contributed by atoms with Crippen molar-refractivity contribution < 1.29 is 43.3 Å². The number of rotatable bonds is 2. The number of cyclic esters (lactones) is 2. The molecule has 0 atom stereocenters. The molecule has 1 aliphatic rings. The number of carbonyl (C=O) groups excluding carboxylic acids is 2. The van der Waals surface area contributed by atoms with Gasteiger partial charge in [0, 0.05) is 0 Å². The summed E-state index contributed by atoms with van der Waals surface area (Å²) in [7, 11) is 0. The minimum atomic E-state index is -1.23. The molecule has 2 N–H and O–H groups in total. The maximum atomic E-state index is 11.1. The molecule has 1 aliphatic heterocycles. The van der Waals surface area contributed by atoms with Crippen LogP contribution in [0.25, 0.3) is 10.8 Å². The number of hydrogen-bond donors (Lipinski definition) is 2. The Morgan fingerprint density at radius 1 is 0.759 bits per heavy atom. The van der Waals surface area contributed by atoms with Crippen molar-refractivity contribution in [2.75, 3.05) is 13.2 Å². The van der Waals surface area contributed by atoms with Crippen molar-refractivity contribution in [1.29, 1.82) is 0 Å². The molecule has 2 heterocycles. The molecule has 2 bridgehead atoms. The zero-order valence-electron chi connectivity index (χ0n) is 14.8. The minimum Gasteiger partial charge on any atom is -0.478 e. The summed E-state index contributed by atoms with van der Waals surface area (Å²) < 4.78 is 14.3. The molecular weight excluding hydrogens is 384 g/mol. The number of hydrogen-bond acceptors (Lipinski definition) is 7. The number of esters is 2. The predicted molar refractivity (Wildman–Crippen MR) is 97.1 cm³/mol. The lowest BCUT2D eigenvalue weighted by molar-refractivity contribution is 0.0274. The largest absolute Gasteiger partial charge is 0.478 e. The number of carbonyl (C=O) groups is 4. The van der Waals surface area contributed by atoms with Crippen LogP contribution in [-0.4, -0.2) is 47.3 Å². The average Bonchev–Trinajstić information content (AvgIpc) is 3.21. The van der Waals surface area contributed by atoms with E-state index in [1.54, 1.807) is 30.3 Å². The van der Waals surface area contributed by atoms with Gasteiger partial charge in [-0.05, 0) is 29.0 Å². The van der Waals surface area contributed by atoms with Gasteiger partial charge in [-0.2, -0.15) is 0 Å². The molecule has 3 aromatic rings. The Kier molecular flexibility index (Phi) is 5.59. The van der Waals surface area contributed by atoms with E-state index in [0.29, 0.717) is 10.8 Å². The van der Waals surface area contributed by atoms with Crippen molar-refractivity contribution in [3.8, 4) is 0 Å². The lowest BCUT2D eigenvalue weighted by Gasteiger charge is -2.05. The average molecular weight is 398 g/mol. The van der Waals surface area contributed by atoms with Crippen molar-refractivity contribution in [3.05, 3.63) is 71.2 Å². The summed E-state index contributed by atoms with van der Waals surface area (Å²) in [5, 5.41) is 19.1. The molecule has 0 saturated heterocycles. The summed E-state index contributed by atoms with van der Waals surface area (Å²) in [5.74, 6) is -3.57. The van der Waals surface area contributed by atoms with Crippen molar-refractivity contribution in [2.24, 2.45) is 0 Å². The SMILES string of the molecule is O=C(O)c1ccc2ccccc2c1C(=O)O.O=C1OCCOC(=O)c2ccc1o2. The van der Waals surface area contributed by atoms with E-state index in [1.807, 2.05) is 0 Å². The molecule has 0 spiro atoms. The topological polar surface area (TPSA) is 140 Å². The third kappa shape index (κ3) is 4.24. The Labute approximate surface area is 163 Å². The molecule has 0 aliphatic carbocycles. The Morgan fingerprint density at radius 3 is 1.90 bits per heavy atom. The van der Waals surface area contributed by atoms with Gasteiger partial charge in [0.15, 0.2) is 0 Å². The van der Waals surface area contributed by atoms with Gasteiger partial charge in [-0.15, -0.1) is 0 Å². The first-order valence-electron chi connectivity index (χ1n) is 8.31. The summed E-state index contributed by atoms with van der Waals surface area (Å²) in [6.45, 7) is 0.108. The highest BCUT2D eigenvalue weighted by Crippen LogP contribution is 2.22. The van der Waals surface area contributed by atoms with Crippen LogP contribution in [0.5, 0.6) is 0 Å². The predicted octanol–water partition coefficient (Wildman–Crippen LogP) is 2.84. The van der Waals surface area contributed by atoms with Crippen molar-refractivity contribution in [2.45, 2.75) is 0 Å². The first kappa shape index (κ1) is 19.6. The lowest BCUT2D eigenvalue weighted by Crippen LogP contribution is -2.11. The Morgan fingerprint density at radius 2 is 1.34 bits per heavy atom. The van der Waals surface area contributed by atoms with E-state index in [-0.39, 0.29) is 35.9 Å². The third-order valence-electron chi connectivity index (χ3n) is 3.93. The van der Waals surface area contributed by atoms with Crippen LogP contribution in [0.1, 0.15) is 41.8 Å². The summed E-state index contributed by atoms with van der Waals surface area (Å²) in [6.07, 6.45) is 0. The van der Waals surface area contributed by atoms with Crippen molar-refractivity contribution in [1.82, 2.24) is 0 Å². The van der Waals surface area contributed by atoms with Crippen LogP contribution in [0.3, 0.4) is 0 Å². The second-order valence-corrected chi connectivity index (χ2v) is 5.76. The fraction of sp³-hybridized carbons (Fsp3) is 0.100. The smallest absolute Gasteiger partial charge is 0.374 e. The molecule has 0 amide bonds. The van der Waals surface area contributed by atoms with E-state index in [4.69, 9.17) is 24.1 Å². The van der Waals surface area contributed by atoms with Crippen LogP contribution >= 0.6 is 0 Å². The van der Waals surface area contributed by atoms with Gasteiger partial charge in [0.05, 0.1) is 11.1 Å². The van der Waals surface area contributed by atoms with Crippen LogP contribution in [0, 0.1) is 0 Å². The van der Waals surface area contributed by atoms with Crippen LogP contribution in [0.15, 0.2) is 52.9 Å². The van der Waals surface area contributed by atoms with Crippen LogP contribution in [0.2, 0.25) is 0 Å². The molecule has 29 heavy (non-hydrogen) atoms. The minimum absolute atomic E-state index is 0.0221. The van der Waals surface area contributed by atoms with Gasteiger partial charge in [-0.25, -0.2) is 19.2 Å². The molecule has 9 nitrogen and oxygen atoms in total. The number of aromatic carboxylic acids is 2. The molecule has 1 aromatic heterocycles. The maximum absolute atomic E-state index is 11.1. The Bertz CT molecular complexity index is 1080. The molecule has 2 aromatic carbocycles. The second-order valence-electron chi connectivity index (χ2n) is 5.76. The second kappa shape index (κ2) is 8.26. The highest BCUT2D eigenvalue weighted by atomic mass is 16.6. The standard InChI is InChI=1S/C12H8O4.C8H6O5/c13-11(14)9-6-5-7-3-1-2-4-8(7)10(9)12(15)16;9-7-5-1-2-6(13-5)8(10)12-4-3-11-7/h1-6H,(H,13,14)(H,15,16);1-2H,3-4H2. The highest BCUT2D eigenvalue weighted by Gasteiger charge is 2.20. The van der Waals surface area contributed by atoms with E-state index in [1.165, 1.54) is 18.2 Å². The highest BCUT2D eigenvalue weighted by molar-refractivity contribution is 6.11. The first-order chi connectivity index (χ1) is 13.9. The van der Waals surface area contributed by atoms with E-state index in [9.17, 15) is 19.2 Å². The number of fused-ring (bicyclic) bond motifs is 3. The molecule has 4 rings (SSSR count). The molecule has 0 radical (unpaired) electrons. The zero-order chi connectivity index (χ0) is 21.0. The number of carboxylic acids is 2. The third-order valence-corrected chi connectivity index (χ3v) is 3.93. The van der Waals surface area contributed by atoms with Gasteiger partial charge in [0.2, 0.25) is 11.5 Å². The number of furan rings is 1. The fourth-order valence-corrected chi connectivity index (χ4v) is 2.65. The normalized spacial score (nSPS) is 13.1. The van der Waals surface area contributed by atoms with Gasteiger partial charge in [0.1, 0.15) is 13.2 Å². The zero-order valence-corrected chi connectivity index (χ0v) is 14.8. The van der Waals surface area contributed by atoms with Crippen LogP contribution < -0.4 is 0 Å². The molecule has 148 valence electrons. The quantitative estimate of drug-likeness (QED) is 0.623. The van der Waals surface area contributed by atoms with E-state index in [2.05, 4.69) is 0 Å². The summed E-state index contributed by atoms with van der Waals surface area (Å²) in [6, 6.07) is 12.5. The van der Waals surface area contributed by atoms with Gasteiger partial charge in [-0.1, -0.05) is 30.3 Å². The van der Waals surface area contributed by atoms with Crippen LogP contribution in [-0.2, 0) is 9.47 Å². The monoisotopic (exact) mass is 398 g/mol. The van der Waals surface area contributed by atoms with E-state index < -0.39 is 23.9 Å². The summed E-state index contributed by atoms with van der Waals surface area (Å²) in [5.41, 5.74) is -0.350. The molecule has 0 fully saturated rings. The number of benzene rings is 2. The van der Waals surface area contributed by atoms with Crippen molar-refractivity contribution in [3.63, 3.8) is 0 Å². The number of carboxylic acid groups (broad SMARTS) is 2. The molecule has 9 heteroatoms. The van der Waals surface area contributed by atoms with E-state index in [0.717, 1.165) is 0 Å². The molecule has 0 unspecified atom stereocenters. The molecule has 0 saturated carbocycles. The maximum Gasteiger partial charge on any atom is 0.374 e. The lowest BCUT2D eigenvalue weighted by atomic mass is 9.99. The van der Waals surface area contributed by atoms with Crippen LogP contribution in [0.4, 0.5) is 0 Å². The molecular formula is C20H14O9. The Hall–Kier alpha value is -4.14. The summed E-state index contributed by atoms with van der Waals surface area (Å²) in [4.78, 5) is 44.1. The number of ether oxygens (including phenoxy) is 2. The van der Waals surface area contributed by atoms with Gasteiger partial charge >= 0.3 is 23.9 Å². The van der Waals surface area contributed by atoms with Gasteiger partial charge in [0.25, 0.3) is 0 Å². The fourth-order valence-electron chi connectivity index (χ4n) is 2.65. The van der Waals surface area contributed by atoms with Gasteiger partial charge in [-0.3, -0.25) is 0 Å². The van der Waals surface area contributed by atoms with Crippen molar-refractivity contribution >= 4 is 34.6 Å². The Balaban J connectivity index is 0.000000169. The summed E-state index contributed by atoms with van der Waals surface area (Å²) >= 11 is 0. The first-order valence-corrected chi connectivity index (χ1v) is 8.31. The van der Waals surface area contributed by atoms with Gasteiger partial charge < -0.3 is 24.1 Å². The van der Waals surface area contributed by atoms with E-state index >= 15 is 0 Å².